The van der Waals surface area contributed by atoms with Gasteiger partial charge in [-0.3, -0.25) is 0 Å². The summed E-state index contributed by atoms with van der Waals surface area (Å²) in [4.78, 5) is 0. The van der Waals surface area contributed by atoms with E-state index in [0.29, 0.717) is 0 Å². The summed E-state index contributed by atoms with van der Waals surface area (Å²) >= 11 is -0.816. The van der Waals surface area contributed by atoms with Gasteiger partial charge in [0.2, 0.25) is 0 Å². The molecule has 1 aromatic carbocycles. The van der Waals surface area contributed by atoms with Crippen molar-refractivity contribution in [2.24, 2.45) is 0 Å². The van der Waals surface area contributed by atoms with Gasteiger partial charge in [-0.25, -0.2) is 0 Å². The van der Waals surface area contributed by atoms with E-state index in [0.717, 1.165) is 25.0 Å². The molecule has 0 fully saturated rings. The number of hydrogen-bond donors (Lipinski definition) is 0. The number of nitrogens with zero attached hydrogens (tertiary/aromatic N) is 1. The van der Waals surface area contributed by atoms with E-state index in [9.17, 15) is 0 Å². The van der Waals surface area contributed by atoms with Gasteiger partial charge in [0.05, 0.1) is 0 Å². The predicted molar refractivity (Wildman–Crippen MR) is 63.2 cm³/mol. The molecule has 2 nitrogen and oxygen atoms in total. The van der Waals surface area contributed by atoms with E-state index in [2.05, 4.69) is 41.0 Å². The van der Waals surface area contributed by atoms with Gasteiger partial charge in [-0.15, -0.1) is 0 Å². The topological polar surface area (TPSA) is 33.0 Å². The predicted octanol–water partition coefficient (Wildman–Crippen LogP) is 0.422. The maximum atomic E-state index is 8.47. The summed E-state index contributed by atoms with van der Waals surface area (Å²) in [6.07, 6.45) is 5.13. The molecule has 0 heterocycles. The molecule has 0 saturated heterocycles. The Kier molecular flexibility index (Phi) is 4.21. The van der Waals surface area contributed by atoms with Gasteiger partial charge in [0.25, 0.3) is 0 Å². The van der Waals surface area contributed by atoms with Crippen molar-refractivity contribution in [3.8, 4) is 4.08 Å². The van der Waals surface area contributed by atoms with Gasteiger partial charge in [0.15, 0.2) is 0 Å². The van der Waals surface area contributed by atoms with E-state index in [4.69, 9.17) is 8.33 Å². The van der Waals surface area contributed by atoms with Crippen LogP contribution < -0.4 is 21.6 Å². The van der Waals surface area contributed by atoms with E-state index < -0.39 is 21.6 Å². The van der Waals surface area contributed by atoms with Crippen molar-refractivity contribution in [3.05, 3.63) is 53.3 Å². The van der Waals surface area contributed by atoms with Crippen LogP contribution in [0.25, 0.3) is 6.08 Å². The molecule has 17 heavy (non-hydrogen) atoms. The summed E-state index contributed by atoms with van der Waals surface area (Å²) in [5, 5.41) is 8.47. The Balaban J connectivity index is 2.03. The molecule has 88 valence electrons. The van der Waals surface area contributed by atoms with Crippen LogP contribution in [0.1, 0.15) is 24.0 Å². The number of halogens is 1. The van der Waals surface area contributed by atoms with Crippen LogP contribution in [0.2, 0.25) is 0 Å². The molecule has 0 unspecified atom stereocenters. The molecule has 1 aliphatic carbocycles. The van der Waals surface area contributed by atoms with Crippen LogP contribution in [0.15, 0.2) is 42.2 Å². The number of fused-ring (bicyclic) bond motifs is 1. The van der Waals surface area contributed by atoms with Crippen molar-refractivity contribution in [2.45, 2.75) is 19.3 Å². The second-order valence-electron chi connectivity index (χ2n) is 3.96. The molecule has 2 rings (SSSR count). The van der Waals surface area contributed by atoms with Gasteiger partial charge >= 0.3 is 113 Å². The van der Waals surface area contributed by atoms with Gasteiger partial charge < -0.3 is 0 Å². The third kappa shape index (κ3) is 3.34. The summed E-state index contributed by atoms with van der Waals surface area (Å²) in [6.45, 7) is 3.86. The quantitative estimate of drug-likeness (QED) is 0.589. The molecule has 0 aliphatic heterocycles. The Hall–Kier alpha value is -1.28. The summed E-state index contributed by atoms with van der Waals surface area (Å²) in [5.74, 6) is 0.727. The van der Waals surface area contributed by atoms with E-state index in [1.54, 1.807) is 0 Å². The number of hydrogen-bond acceptors (Lipinski definition) is 2. The standard InChI is InChI=1S/C14H13INO/c1-11(17-15-10-16)8-12-6-7-13-4-2-3-5-14(13)9-12/h2-5,9H,1,6-8H2/q-1. The summed E-state index contributed by atoms with van der Waals surface area (Å²) < 4.78 is 7.35. The van der Waals surface area contributed by atoms with Gasteiger partial charge in [-0.05, 0) is 0 Å². The van der Waals surface area contributed by atoms with Crippen molar-refractivity contribution in [2.75, 3.05) is 0 Å². The fourth-order valence-corrected chi connectivity index (χ4v) is 2.55. The zero-order valence-corrected chi connectivity index (χ0v) is 11.6. The fraction of sp³-hybridized carbons (Fsp3) is 0.214. The first-order valence-corrected chi connectivity index (χ1v) is 7.40. The van der Waals surface area contributed by atoms with Crippen LogP contribution >= 0.6 is 0 Å². The molecule has 0 amide bonds. The average Bonchev–Trinajstić information content (AvgIpc) is 2.36. The number of benzene rings is 1. The first-order valence-electron chi connectivity index (χ1n) is 5.44. The molecular formula is C14H13INO-. The Labute approximate surface area is 112 Å². The molecule has 0 spiro atoms. The maximum absolute atomic E-state index is 8.47. The van der Waals surface area contributed by atoms with Gasteiger partial charge in [-0.1, -0.05) is 0 Å². The van der Waals surface area contributed by atoms with Crippen molar-refractivity contribution in [1.82, 2.24) is 0 Å². The summed E-state index contributed by atoms with van der Waals surface area (Å²) in [6, 6.07) is 8.46. The third-order valence-electron chi connectivity index (χ3n) is 2.74. The summed E-state index contributed by atoms with van der Waals surface area (Å²) in [5.41, 5.74) is 4.06. The van der Waals surface area contributed by atoms with E-state index in [1.807, 2.05) is 0 Å². The van der Waals surface area contributed by atoms with Crippen molar-refractivity contribution in [3.63, 3.8) is 0 Å². The van der Waals surface area contributed by atoms with Crippen molar-refractivity contribution >= 4 is 6.08 Å². The first-order chi connectivity index (χ1) is 8.29. The zero-order valence-electron chi connectivity index (χ0n) is 9.45. The van der Waals surface area contributed by atoms with E-state index >= 15 is 0 Å². The second kappa shape index (κ2) is 5.87. The first kappa shape index (κ1) is 12.2. The molecule has 0 atom stereocenters. The SMILES string of the molecule is C=C(CC1=Cc2ccccc2CC1)O[I-]C#N. The van der Waals surface area contributed by atoms with E-state index in [-0.39, 0.29) is 0 Å². The molecule has 1 aromatic rings. The number of aryl methyl sites for hydroxylation is 1. The van der Waals surface area contributed by atoms with Crippen LogP contribution in [0, 0.1) is 9.34 Å². The Morgan fingerprint density at radius 1 is 1.41 bits per heavy atom. The molecule has 0 aromatic heterocycles. The number of rotatable bonds is 4. The van der Waals surface area contributed by atoms with Gasteiger partial charge in [0.1, 0.15) is 0 Å². The Bertz CT molecular complexity index is 499. The molecule has 0 saturated carbocycles. The molecule has 0 bridgehead atoms. The van der Waals surface area contributed by atoms with Crippen LogP contribution in [0.3, 0.4) is 0 Å². The van der Waals surface area contributed by atoms with Gasteiger partial charge in [-0.2, -0.15) is 0 Å². The van der Waals surface area contributed by atoms with Crippen LogP contribution in [0.4, 0.5) is 0 Å². The summed E-state index contributed by atoms with van der Waals surface area (Å²) in [7, 11) is 0. The van der Waals surface area contributed by atoms with E-state index in [1.165, 1.54) is 16.7 Å². The van der Waals surface area contributed by atoms with Crippen molar-refractivity contribution < 1.29 is 24.7 Å². The number of nitriles is 1. The monoisotopic (exact) mass is 338 g/mol. The Morgan fingerprint density at radius 3 is 3.06 bits per heavy atom. The molecular weight excluding hydrogens is 325 g/mol. The molecule has 3 heteroatoms. The molecule has 1 aliphatic rings. The minimum absolute atomic E-state index is 0.727. The van der Waals surface area contributed by atoms with Crippen LogP contribution in [-0.2, 0) is 9.49 Å². The van der Waals surface area contributed by atoms with Crippen molar-refractivity contribution in [1.29, 1.82) is 5.26 Å². The molecule has 0 radical (unpaired) electrons. The Morgan fingerprint density at radius 2 is 2.24 bits per heavy atom. The second-order valence-corrected chi connectivity index (χ2v) is 5.32. The fourth-order valence-electron chi connectivity index (χ4n) is 1.98. The van der Waals surface area contributed by atoms with Gasteiger partial charge in [0, 0.05) is 0 Å². The zero-order chi connectivity index (χ0) is 12.1. The molecule has 0 N–H and O–H groups in total. The number of allylic oxidation sites excluding steroid dienone is 1. The third-order valence-corrected chi connectivity index (χ3v) is 3.78. The van der Waals surface area contributed by atoms with Crippen LogP contribution in [0.5, 0.6) is 0 Å². The van der Waals surface area contributed by atoms with Crippen LogP contribution in [-0.4, -0.2) is 0 Å². The minimum atomic E-state index is -0.816. The normalized spacial score (nSPS) is 13.5. The average molecular weight is 338 g/mol.